The van der Waals surface area contributed by atoms with Gasteiger partial charge in [0, 0.05) is 13.1 Å². The number of hydrogen-bond donors (Lipinski definition) is 1. The molecule has 4 nitrogen and oxygen atoms in total. The fourth-order valence-corrected chi connectivity index (χ4v) is 1.95. The Morgan fingerprint density at radius 1 is 1.60 bits per heavy atom. The number of nitrogens with zero attached hydrogens (tertiary/aromatic N) is 3. The molecule has 0 fully saturated rings. The van der Waals surface area contributed by atoms with E-state index in [1.165, 1.54) is 0 Å². The highest BCUT2D eigenvalue weighted by molar-refractivity contribution is 5.41. The quantitative estimate of drug-likeness (QED) is 0.798. The molecule has 0 saturated heterocycles. The predicted octanol–water partition coefficient (Wildman–Crippen LogP) is 1.77. The fraction of sp³-hybridized carbons (Fsp3) is 0.636. The van der Waals surface area contributed by atoms with Gasteiger partial charge in [-0.2, -0.15) is 5.26 Å². The Balaban J connectivity index is 2.38. The third-order valence-electron chi connectivity index (χ3n) is 2.59. The molecule has 1 aromatic heterocycles. The summed E-state index contributed by atoms with van der Waals surface area (Å²) in [5, 5.41) is 12.4. The lowest BCUT2D eigenvalue weighted by molar-refractivity contribution is 0.616. The van der Waals surface area contributed by atoms with Crippen LogP contribution in [0.5, 0.6) is 0 Å². The van der Waals surface area contributed by atoms with Gasteiger partial charge in [0.1, 0.15) is 11.8 Å². The number of nitrogens with one attached hydrogen (secondary N) is 1. The second kappa shape index (κ2) is 3.93. The molecule has 15 heavy (non-hydrogen) atoms. The summed E-state index contributed by atoms with van der Waals surface area (Å²) < 4.78 is 2.00. The summed E-state index contributed by atoms with van der Waals surface area (Å²) in [5.41, 5.74) is 1.68. The number of anilines is 1. The lowest BCUT2D eigenvalue weighted by atomic mass is 10.1. The van der Waals surface area contributed by atoms with Crippen LogP contribution in [0, 0.1) is 17.2 Å². The summed E-state index contributed by atoms with van der Waals surface area (Å²) in [6.07, 6.45) is 1.95. The topological polar surface area (TPSA) is 53.6 Å². The van der Waals surface area contributed by atoms with E-state index in [-0.39, 0.29) is 0 Å². The molecule has 1 aromatic rings. The predicted molar refractivity (Wildman–Crippen MR) is 58.6 cm³/mol. The Bertz CT molecular complexity index is 397. The Morgan fingerprint density at radius 3 is 3.07 bits per heavy atom. The van der Waals surface area contributed by atoms with E-state index in [0.29, 0.717) is 5.92 Å². The van der Waals surface area contributed by atoms with Crippen LogP contribution in [0.4, 0.5) is 5.95 Å². The van der Waals surface area contributed by atoms with Crippen LogP contribution in [-0.2, 0) is 13.0 Å². The van der Waals surface area contributed by atoms with Crippen molar-refractivity contribution in [2.45, 2.75) is 33.2 Å². The van der Waals surface area contributed by atoms with E-state index in [1.807, 2.05) is 4.57 Å². The molecular formula is C11H16N4. The Kier molecular flexibility index (Phi) is 2.63. The second-order valence-corrected chi connectivity index (χ2v) is 4.37. The lowest BCUT2D eigenvalue weighted by Crippen LogP contribution is -2.18. The van der Waals surface area contributed by atoms with Gasteiger partial charge in [0.25, 0.3) is 0 Å². The highest BCUT2D eigenvalue weighted by Crippen LogP contribution is 2.21. The van der Waals surface area contributed by atoms with Crippen LogP contribution in [0.1, 0.15) is 31.7 Å². The van der Waals surface area contributed by atoms with Gasteiger partial charge in [-0.1, -0.05) is 13.8 Å². The van der Waals surface area contributed by atoms with Crippen LogP contribution in [0.2, 0.25) is 0 Å². The van der Waals surface area contributed by atoms with Gasteiger partial charge >= 0.3 is 0 Å². The normalized spacial score (nSPS) is 14.5. The Labute approximate surface area is 89.9 Å². The maximum Gasteiger partial charge on any atom is 0.204 e. The van der Waals surface area contributed by atoms with Crippen LogP contribution in [-0.4, -0.2) is 16.1 Å². The zero-order chi connectivity index (χ0) is 10.8. The highest BCUT2D eigenvalue weighted by atomic mass is 15.2. The van der Waals surface area contributed by atoms with Crippen molar-refractivity contribution in [2.75, 3.05) is 11.9 Å². The van der Waals surface area contributed by atoms with Crippen LogP contribution < -0.4 is 5.32 Å². The van der Waals surface area contributed by atoms with Gasteiger partial charge in [0.2, 0.25) is 5.95 Å². The van der Waals surface area contributed by atoms with Gasteiger partial charge < -0.3 is 9.88 Å². The zero-order valence-corrected chi connectivity index (χ0v) is 9.25. The minimum Gasteiger partial charge on any atom is -0.356 e. The minimum absolute atomic E-state index is 0.536. The molecule has 2 heterocycles. The van der Waals surface area contributed by atoms with Crippen LogP contribution >= 0.6 is 0 Å². The van der Waals surface area contributed by atoms with Crippen molar-refractivity contribution in [3.8, 4) is 6.07 Å². The van der Waals surface area contributed by atoms with Crippen molar-refractivity contribution >= 4 is 5.95 Å². The van der Waals surface area contributed by atoms with Crippen molar-refractivity contribution in [3.05, 3.63) is 11.4 Å². The maximum absolute atomic E-state index is 9.14. The zero-order valence-electron chi connectivity index (χ0n) is 9.25. The van der Waals surface area contributed by atoms with Crippen molar-refractivity contribution in [1.29, 1.82) is 5.26 Å². The summed E-state index contributed by atoms with van der Waals surface area (Å²) in [5.74, 6) is 1.41. The summed E-state index contributed by atoms with van der Waals surface area (Å²) in [7, 11) is 0. The number of aromatic nitrogens is 2. The van der Waals surface area contributed by atoms with Crippen molar-refractivity contribution in [3.63, 3.8) is 0 Å². The number of fused-ring (bicyclic) bond motifs is 1. The van der Waals surface area contributed by atoms with Gasteiger partial charge in [-0.3, -0.25) is 0 Å². The van der Waals surface area contributed by atoms with E-state index in [9.17, 15) is 0 Å². The van der Waals surface area contributed by atoms with Gasteiger partial charge in [-0.15, -0.1) is 0 Å². The Hall–Kier alpha value is -1.50. The molecule has 0 bridgehead atoms. The van der Waals surface area contributed by atoms with Gasteiger partial charge in [0.15, 0.2) is 0 Å². The van der Waals surface area contributed by atoms with Crippen LogP contribution in [0.15, 0.2) is 0 Å². The number of hydrogen-bond acceptors (Lipinski definition) is 3. The van der Waals surface area contributed by atoms with Crippen LogP contribution in [0.25, 0.3) is 0 Å². The minimum atomic E-state index is 0.536. The molecule has 0 unspecified atom stereocenters. The van der Waals surface area contributed by atoms with Gasteiger partial charge in [-0.05, 0) is 18.8 Å². The molecule has 1 aliphatic heterocycles. The average molecular weight is 204 g/mol. The van der Waals surface area contributed by atoms with E-state index in [4.69, 9.17) is 5.26 Å². The molecule has 0 atom stereocenters. The number of nitriles is 1. The van der Waals surface area contributed by atoms with E-state index in [2.05, 4.69) is 30.2 Å². The molecule has 0 aliphatic carbocycles. The molecular weight excluding hydrogens is 188 g/mol. The molecule has 0 radical (unpaired) electrons. The number of rotatable bonds is 2. The second-order valence-electron chi connectivity index (χ2n) is 4.37. The SMILES string of the molecule is CC(C)Cc1nc2n(c1C#N)CCCN2. The van der Waals surface area contributed by atoms with E-state index < -0.39 is 0 Å². The molecule has 0 spiro atoms. The van der Waals surface area contributed by atoms with Crippen molar-refractivity contribution in [1.82, 2.24) is 9.55 Å². The average Bonchev–Trinajstić information content (AvgIpc) is 2.53. The molecule has 0 saturated carbocycles. The van der Waals surface area contributed by atoms with E-state index >= 15 is 0 Å². The first-order chi connectivity index (χ1) is 7.22. The summed E-state index contributed by atoms with van der Waals surface area (Å²) in [4.78, 5) is 4.49. The van der Waals surface area contributed by atoms with Crippen molar-refractivity contribution in [2.24, 2.45) is 5.92 Å². The third kappa shape index (κ3) is 1.82. The first-order valence-corrected chi connectivity index (χ1v) is 5.45. The lowest BCUT2D eigenvalue weighted by Gasteiger charge is -2.15. The molecule has 2 rings (SSSR count). The number of imidazole rings is 1. The van der Waals surface area contributed by atoms with Crippen molar-refractivity contribution < 1.29 is 0 Å². The monoisotopic (exact) mass is 204 g/mol. The molecule has 1 N–H and O–H groups in total. The Morgan fingerprint density at radius 2 is 2.40 bits per heavy atom. The summed E-state index contributed by atoms with van der Waals surface area (Å²) in [6.45, 7) is 6.17. The molecule has 80 valence electrons. The highest BCUT2D eigenvalue weighted by Gasteiger charge is 2.19. The molecule has 0 aromatic carbocycles. The first-order valence-electron chi connectivity index (χ1n) is 5.45. The third-order valence-corrected chi connectivity index (χ3v) is 2.59. The van der Waals surface area contributed by atoms with Gasteiger partial charge in [0.05, 0.1) is 5.69 Å². The summed E-state index contributed by atoms with van der Waals surface area (Å²) in [6, 6.07) is 2.27. The van der Waals surface area contributed by atoms with E-state index in [1.54, 1.807) is 0 Å². The largest absolute Gasteiger partial charge is 0.356 e. The summed E-state index contributed by atoms with van der Waals surface area (Å²) >= 11 is 0. The van der Waals surface area contributed by atoms with Gasteiger partial charge in [-0.25, -0.2) is 4.98 Å². The smallest absolute Gasteiger partial charge is 0.204 e. The van der Waals surface area contributed by atoms with E-state index in [0.717, 1.165) is 43.3 Å². The molecule has 0 amide bonds. The molecule has 1 aliphatic rings. The first kappa shape index (κ1) is 10.0. The fourth-order valence-electron chi connectivity index (χ4n) is 1.95. The molecule has 4 heteroatoms. The maximum atomic E-state index is 9.14. The standard InChI is InChI=1S/C11H16N4/c1-8(2)6-9-10(7-12)15-5-3-4-13-11(15)14-9/h8H,3-6H2,1-2H3,(H,13,14). The van der Waals surface area contributed by atoms with Crippen LogP contribution in [0.3, 0.4) is 0 Å².